The zero-order chi connectivity index (χ0) is 21.8. The van der Waals surface area contributed by atoms with E-state index in [1.807, 2.05) is 25.2 Å². The molecule has 1 spiro atoms. The summed E-state index contributed by atoms with van der Waals surface area (Å²) in [5.74, 6) is 1.08. The number of piperidine rings is 1. The van der Waals surface area contributed by atoms with E-state index >= 15 is 0 Å². The molecule has 166 valence electrons. The zero-order valence-electron chi connectivity index (χ0n) is 18.2. The van der Waals surface area contributed by atoms with Gasteiger partial charge in [0.05, 0.1) is 23.9 Å². The highest BCUT2D eigenvalue weighted by Crippen LogP contribution is 2.44. The van der Waals surface area contributed by atoms with Gasteiger partial charge in [0.2, 0.25) is 0 Å². The molecule has 4 rings (SSSR count). The normalized spacial score (nSPS) is 18.6. The SMILES string of the molecule is COCCN(C)c1cc2c(cc1Cl)CC1(CCNCC1)C(=NCc1cccc(Cl)c1)N2. The van der Waals surface area contributed by atoms with Crippen molar-refractivity contribution in [1.82, 2.24) is 5.32 Å². The van der Waals surface area contributed by atoms with Gasteiger partial charge in [-0.25, -0.2) is 0 Å². The lowest BCUT2D eigenvalue weighted by Gasteiger charge is -2.43. The minimum absolute atomic E-state index is 0.0175. The molecule has 0 aliphatic carbocycles. The summed E-state index contributed by atoms with van der Waals surface area (Å²) in [4.78, 5) is 7.20. The molecule has 0 amide bonds. The van der Waals surface area contributed by atoms with Crippen molar-refractivity contribution in [1.29, 1.82) is 0 Å². The van der Waals surface area contributed by atoms with Gasteiger partial charge < -0.3 is 20.3 Å². The minimum Gasteiger partial charge on any atom is -0.383 e. The van der Waals surface area contributed by atoms with E-state index in [0.29, 0.717) is 13.2 Å². The van der Waals surface area contributed by atoms with Crippen LogP contribution in [0.1, 0.15) is 24.0 Å². The average molecular weight is 461 g/mol. The number of nitrogens with one attached hydrogen (secondary N) is 2. The molecule has 0 atom stereocenters. The molecule has 31 heavy (non-hydrogen) atoms. The van der Waals surface area contributed by atoms with E-state index in [9.17, 15) is 0 Å². The Bertz CT molecular complexity index is 957. The van der Waals surface area contributed by atoms with Crippen LogP contribution in [-0.4, -0.2) is 46.2 Å². The molecule has 2 heterocycles. The van der Waals surface area contributed by atoms with Crippen LogP contribution in [0, 0.1) is 5.41 Å². The molecule has 1 saturated heterocycles. The number of aliphatic imine (C=N–C) groups is 1. The first-order valence-electron chi connectivity index (χ1n) is 10.8. The molecule has 2 aromatic carbocycles. The smallest absolute Gasteiger partial charge is 0.108 e. The van der Waals surface area contributed by atoms with Crippen molar-refractivity contribution in [2.24, 2.45) is 10.4 Å². The molecule has 7 heteroatoms. The van der Waals surface area contributed by atoms with Crippen molar-refractivity contribution in [2.45, 2.75) is 25.8 Å². The first kappa shape index (κ1) is 22.4. The molecule has 5 nitrogen and oxygen atoms in total. The molecule has 0 aromatic heterocycles. The summed E-state index contributed by atoms with van der Waals surface area (Å²) in [5.41, 5.74) is 4.49. The number of fused-ring (bicyclic) bond motifs is 1. The van der Waals surface area contributed by atoms with Crippen molar-refractivity contribution in [3.63, 3.8) is 0 Å². The number of hydrogen-bond acceptors (Lipinski definition) is 4. The Morgan fingerprint density at radius 1 is 1.16 bits per heavy atom. The van der Waals surface area contributed by atoms with Gasteiger partial charge in [0, 0.05) is 36.8 Å². The number of benzene rings is 2. The Balaban J connectivity index is 1.66. The third-order valence-corrected chi connectivity index (χ3v) is 6.91. The Kier molecular flexibility index (Phi) is 7.07. The van der Waals surface area contributed by atoms with E-state index in [2.05, 4.69) is 33.7 Å². The maximum atomic E-state index is 6.69. The van der Waals surface area contributed by atoms with Crippen LogP contribution in [0.15, 0.2) is 41.4 Å². The summed E-state index contributed by atoms with van der Waals surface area (Å²) in [6.45, 7) is 4.04. The number of methoxy groups -OCH3 is 1. The van der Waals surface area contributed by atoms with Gasteiger partial charge in [-0.1, -0.05) is 35.3 Å². The molecular weight excluding hydrogens is 431 g/mol. The zero-order valence-corrected chi connectivity index (χ0v) is 19.7. The summed E-state index contributed by atoms with van der Waals surface area (Å²) in [6.07, 6.45) is 3.06. The molecule has 0 radical (unpaired) electrons. The lowest BCUT2D eigenvalue weighted by Crippen LogP contribution is -2.48. The highest BCUT2D eigenvalue weighted by atomic mass is 35.5. The van der Waals surface area contributed by atoms with Crippen molar-refractivity contribution < 1.29 is 4.74 Å². The lowest BCUT2D eigenvalue weighted by atomic mass is 9.70. The van der Waals surface area contributed by atoms with Crippen LogP contribution in [0.25, 0.3) is 0 Å². The average Bonchev–Trinajstić information content (AvgIpc) is 2.76. The van der Waals surface area contributed by atoms with Gasteiger partial charge in [0.15, 0.2) is 0 Å². The van der Waals surface area contributed by atoms with E-state index in [1.165, 1.54) is 5.56 Å². The van der Waals surface area contributed by atoms with Crippen LogP contribution in [0.3, 0.4) is 0 Å². The predicted molar refractivity (Wildman–Crippen MR) is 131 cm³/mol. The molecule has 2 aromatic rings. The molecule has 2 N–H and O–H groups in total. The Labute approximate surface area is 194 Å². The summed E-state index contributed by atoms with van der Waals surface area (Å²) < 4.78 is 5.23. The monoisotopic (exact) mass is 460 g/mol. The lowest BCUT2D eigenvalue weighted by molar-refractivity contribution is 0.206. The Hall–Kier alpha value is -1.79. The first-order valence-corrected chi connectivity index (χ1v) is 11.6. The van der Waals surface area contributed by atoms with Crippen molar-refractivity contribution in [3.05, 3.63) is 57.6 Å². The predicted octanol–water partition coefficient (Wildman–Crippen LogP) is 5.01. The maximum absolute atomic E-state index is 6.69. The van der Waals surface area contributed by atoms with E-state index in [4.69, 9.17) is 32.9 Å². The number of halogens is 2. The number of nitrogens with zero attached hydrogens (tertiary/aromatic N) is 2. The van der Waals surface area contributed by atoms with Crippen LogP contribution in [0.5, 0.6) is 0 Å². The van der Waals surface area contributed by atoms with Crippen LogP contribution in [0.4, 0.5) is 11.4 Å². The maximum Gasteiger partial charge on any atom is 0.108 e. The highest BCUT2D eigenvalue weighted by molar-refractivity contribution is 6.33. The van der Waals surface area contributed by atoms with Crippen LogP contribution >= 0.6 is 23.2 Å². The fourth-order valence-corrected chi connectivity index (χ4v) is 5.09. The van der Waals surface area contributed by atoms with E-state index < -0.39 is 0 Å². The standard InChI is InChI=1S/C24H30Cl2N4O/c1-30(10-11-31-2)22-14-21-18(13-20(22)26)15-24(6-8-27-9-7-24)23(29-21)28-16-17-4-3-5-19(25)12-17/h3-5,12-14,27H,6-11,15-16H2,1-2H3,(H,28,29). The molecule has 2 aliphatic rings. The fourth-order valence-electron chi connectivity index (χ4n) is 4.55. The summed E-state index contributed by atoms with van der Waals surface area (Å²) in [7, 11) is 3.75. The molecular formula is C24H30Cl2N4O. The molecule has 0 bridgehead atoms. The second-order valence-electron chi connectivity index (χ2n) is 8.50. The quantitative estimate of drug-likeness (QED) is 0.635. The number of anilines is 2. The third-order valence-electron chi connectivity index (χ3n) is 6.37. The molecule has 0 saturated carbocycles. The molecule has 1 fully saturated rings. The number of likely N-dealkylation sites (N-methyl/N-ethyl adjacent to an activating group) is 1. The second kappa shape index (κ2) is 9.78. The van der Waals surface area contributed by atoms with E-state index in [-0.39, 0.29) is 5.41 Å². The molecule has 2 aliphatic heterocycles. The summed E-state index contributed by atoms with van der Waals surface area (Å²) in [6, 6.07) is 12.2. The minimum atomic E-state index is 0.0175. The third kappa shape index (κ3) is 5.01. The number of hydrogen-bond donors (Lipinski definition) is 2. The summed E-state index contributed by atoms with van der Waals surface area (Å²) in [5, 5.41) is 8.71. The summed E-state index contributed by atoms with van der Waals surface area (Å²) >= 11 is 12.9. The highest BCUT2D eigenvalue weighted by Gasteiger charge is 2.41. The van der Waals surface area contributed by atoms with Gasteiger partial charge in [0.25, 0.3) is 0 Å². The van der Waals surface area contributed by atoms with E-state index in [1.54, 1.807) is 7.11 Å². The van der Waals surface area contributed by atoms with Gasteiger partial charge in [0.1, 0.15) is 5.84 Å². The van der Waals surface area contributed by atoms with Crippen LogP contribution in [0.2, 0.25) is 10.0 Å². The van der Waals surface area contributed by atoms with Gasteiger partial charge in [-0.3, -0.25) is 4.99 Å². The number of rotatable bonds is 6. The Morgan fingerprint density at radius 2 is 1.97 bits per heavy atom. The van der Waals surface area contributed by atoms with Crippen LogP contribution in [-0.2, 0) is 17.7 Å². The van der Waals surface area contributed by atoms with E-state index in [0.717, 1.165) is 71.7 Å². The topological polar surface area (TPSA) is 48.9 Å². The van der Waals surface area contributed by atoms with Gasteiger partial charge in [-0.15, -0.1) is 0 Å². The van der Waals surface area contributed by atoms with Crippen molar-refractivity contribution >= 4 is 40.4 Å². The van der Waals surface area contributed by atoms with Gasteiger partial charge in [-0.05, 0) is 67.7 Å². The fraction of sp³-hybridized carbons (Fsp3) is 0.458. The number of amidine groups is 1. The first-order chi connectivity index (χ1) is 15.0. The number of ether oxygens (including phenoxy) is 1. The van der Waals surface area contributed by atoms with Crippen LogP contribution < -0.4 is 15.5 Å². The Morgan fingerprint density at radius 3 is 2.71 bits per heavy atom. The second-order valence-corrected chi connectivity index (χ2v) is 9.35. The van der Waals surface area contributed by atoms with Crippen molar-refractivity contribution in [2.75, 3.05) is 50.6 Å². The molecule has 0 unspecified atom stereocenters. The van der Waals surface area contributed by atoms with Gasteiger partial charge >= 0.3 is 0 Å². The van der Waals surface area contributed by atoms with Gasteiger partial charge in [-0.2, -0.15) is 0 Å². The largest absolute Gasteiger partial charge is 0.383 e. The van der Waals surface area contributed by atoms with Crippen molar-refractivity contribution in [3.8, 4) is 0 Å².